The predicted octanol–water partition coefficient (Wildman–Crippen LogP) is 2.69. The summed E-state index contributed by atoms with van der Waals surface area (Å²) in [6.45, 7) is 0. The molecule has 0 bridgehead atoms. The van der Waals surface area contributed by atoms with E-state index < -0.39 is 0 Å². The number of benzene rings is 1. The van der Waals surface area contributed by atoms with E-state index in [1.807, 2.05) is 18.2 Å². The molecular weight excluding hydrogens is 274 g/mol. The van der Waals surface area contributed by atoms with Crippen molar-refractivity contribution in [3.05, 3.63) is 36.9 Å². The van der Waals surface area contributed by atoms with Crippen molar-refractivity contribution in [2.45, 2.75) is 9.92 Å². The second kappa shape index (κ2) is 4.24. The van der Waals surface area contributed by atoms with Gasteiger partial charge in [0.05, 0.1) is 6.33 Å². The summed E-state index contributed by atoms with van der Waals surface area (Å²) in [5.41, 5.74) is 2.39. The minimum Gasteiger partial charge on any atom is -0.495 e. The molecule has 0 radical (unpaired) electrons. The van der Waals surface area contributed by atoms with E-state index in [0.717, 1.165) is 26.3 Å². The third-order valence-electron chi connectivity index (χ3n) is 2.98. The van der Waals surface area contributed by atoms with Gasteiger partial charge >= 0.3 is 0 Å². The van der Waals surface area contributed by atoms with Crippen molar-refractivity contribution in [2.75, 3.05) is 0 Å². The summed E-state index contributed by atoms with van der Waals surface area (Å²) in [6.07, 6.45) is 3.11. The van der Waals surface area contributed by atoms with Gasteiger partial charge in [0.15, 0.2) is 11.5 Å². The van der Waals surface area contributed by atoms with Crippen molar-refractivity contribution in [3.8, 4) is 5.88 Å². The molecule has 0 amide bonds. The van der Waals surface area contributed by atoms with E-state index in [2.05, 4.69) is 24.9 Å². The molecule has 4 rings (SSSR count). The van der Waals surface area contributed by atoms with Crippen LogP contribution in [0.4, 0.5) is 0 Å². The lowest BCUT2D eigenvalue weighted by Crippen LogP contribution is -1.85. The van der Waals surface area contributed by atoms with Crippen molar-refractivity contribution in [2.24, 2.45) is 0 Å². The Morgan fingerprint density at radius 3 is 3.00 bits per heavy atom. The number of aromatic hydroxyl groups is 1. The molecule has 98 valence electrons. The Kier molecular flexibility index (Phi) is 2.40. The van der Waals surface area contributed by atoms with Crippen molar-refractivity contribution in [1.82, 2.24) is 24.9 Å². The molecule has 0 saturated heterocycles. The Morgan fingerprint density at radius 1 is 1.10 bits per heavy atom. The first-order valence-electron chi connectivity index (χ1n) is 5.93. The second-order valence-electron chi connectivity index (χ2n) is 4.29. The zero-order valence-electron chi connectivity index (χ0n) is 10.2. The maximum atomic E-state index is 9.45. The third kappa shape index (κ3) is 1.79. The van der Waals surface area contributed by atoms with E-state index >= 15 is 0 Å². The minimum absolute atomic E-state index is 0.167. The Balaban J connectivity index is 1.78. The van der Waals surface area contributed by atoms with E-state index in [0.29, 0.717) is 5.65 Å². The van der Waals surface area contributed by atoms with Gasteiger partial charge in [-0.05, 0) is 18.2 Å². The highest BCUT2D eigenvalue weighted by molar-refractivity contribution is 7.99. The summed E-state index contributed by atoms with van der Waals surface area (Å²) < 4.78 is 0. The maximum Gasteiger partial charge on any atom is 0.189 e. The minimum atomic E-state index is 0.167. The van der Waals surface area contributed by atoms with Crippen LogP contribution in [0.2, 0.25) is 0 Å². The number of hydrogen-bond acceptors (Lipinski definition) is 5. The molecule has 0 saturated carbocycles. The van der Waals surface area contributed by atoms with Gasteiger partial charge in [-0.25, -0.2) is 15.0 Å². The van der Waals surface area contributed by atoms with E-state index in [9.17, 15) is 5.11 Å². The lowest BCUT2D eigenvalue weighted by atomic mass is 10.2. The molecule has 4 aromatic rings. The van der Waals surface area contributed by atoms with Gasteiger partial charge in [-0.1, -0.05) is 11.8 Å². The number of aromatic amines is 2. The van der Waals surface area contributed by atoms with Crippen LogP contribution < -0.4 is 0 Å². The van der Waals surface area contributed by atoms with E-state index in [1.165, 1.54) is 18.1 Å². The Morgan fingerprint density at radius 2 is 2.05 bits per heavy atom. The molecule has 3 N–H and O–H groups in total. The van der Waals surface area contributed by atoms with E-state index in [4.69, 9.17) is 0 Å². The standard InChI is InChI=1S/C13H9N5OS/c19-10-4-7-3-8(1-2-9(7)18-10)20-13-11-12(15-5-14-11)16-6-17-13/h1-6,18-19H,(H,14,15,16,17). The van der Waals surface area contributed by atoms with Crippen molar-refractivity contribution in [1.29, 1.82) is 0 Å². The highest BCUT2D eigenvalue weighted by Gasteiger charge is 2.08. The van der Waals surface area contributed by atoms with Gasteiger partial charge in [0.1, 0.15) is 16.9 Å². The lowest BCUT2D eigenvalue weighted by Gasteiger charge is -2.01. The molecular formula is C13H9N5OS. The molecule has 6 nitrogen and oxygen atoms in total. The van der Waals surface area contributed by atoms with E-state index in [-0.39, 0.29) is 5.88 Å². The largest absolute Gasteiger partial charge is 0.495 e. The molecule has 0 aliphatic heterocycles. The molecule has 0 spiro atoms. The van der Waals surface area contributed by atoms with Crippen molar-refractivity contribution >= 4 is 33.8 Å². The Labute approximate surface area is 117 Å². The fourth-order valence-electron chi connectivity index (χ4n) is 2.09. The van der Waals surface area contributed by atoms with Gasteiger partial charge in [-0.3, -0.25) is 0 Å². The van der Waals surface area contributed by atoms with Crippen LogP contribution in [0.5, 0.6) is 5.88 Å². The topological polar surface area (TPSA) is 90.5 Å². The first kappa shape index (κ1) is 11.3. The summed E-state index contributed by atoms with van der Waals surface area (Å²) in [5, 5.41) is 11.2. The maximum absolute atomic E-state index is 9.45. The molecule has 1 aromatic carbocycles. The number of hydrogen-bond donors (Lipinski definition) is 3. The summed E-state index contributed by atoms with van der Waals surface area (Å²) in [5.74, 6) is 0.167. The number of aromatic nitrogens is 5. The summed E-state index contributed by atoms with van der Waals surface area (Å²) in [7, 11) is 0. The number of H-pyrrole nitrogens is 2. The van der Waals surface area contributed by atoms with Gasteiger partial charge in [-0.2, -0.15) is 0 Å². The molecule has 0 aliphatic rings. The predicted molar refractivity (Wildman–Crippen MR) is 75.8 cm³/mol. The number of imidazole rings is 1. The Bertz CT molecular complexity index is 913. The van der Waals surface area contributed by atoms with Crippen LogP contribution in [-0.2, 0) is 0 Å². The van der Waals surface area contributed by atoms with Gasteiger partial charge in [0.25, 0.3) is 0 Å². The fourth-order valence-corrected chi connectivity index (χ4v) is 2.99. The average molecular weight is 283 g/mol. The van der Waals surface area contributed by atoms with Crippen molar-refractivity contribution < 1.29 is 5.11 Å². The summed E-state index contributed by atoms with van der Waals surface area (Å²) in [4.78, 5) is 19.5. The molecule has 7 heteroatoms. The van der Waals surface area contributed by atoms with Crippen LogP contribution in [0.3, 0.4) is 0 Å². The highest BCUT2D eigenvalue weighted by Crippen LogP contribution is 2.32. The summed E-state index contributed by atoms with van der Waals surface area (Å²) in [6, 6.07) is 7.61. The smallest absolute Gasteiger partial charge is 0.189 e. The van der Waals surface area contributed by atoms with Crippen LogP contribution in [0.1, 0.15) is 0 Å². The lowest BCUT2D eigenvalue weighted by molar-refractivity contribution is 0.458. The number of rotatable bonds is 2. The first-order chi connectivity index (χ1) is 9.79. The summed E-state index contributed by atoms with van der Waals surface area (Å²) >= 11 is 1.53. The van der Waals surface area contributed by atoms with Gasteiger partial charge in [-0.15, -0.1) is 0 Å². The molecule has 0 unspecified atom stereocenters. The normalized spacial score (nSPS) is 11.4. The third-order valence-corrected chi connectivity index (χ3v) is 3.97. The monoisotopic (exact) mass is 283 g/mol. The molecule has 3 aromatic heterocycles. The molecule has 3 heterocycles. The Hall–Kier alpha value is -2.54. The number of nitrogens with zero attached hydrogens (tertiary/aromatic N) is 3. The quantitative estimate of drug-likeness (QED) is 0.492. The van der Waals surface area contributed by atoms with E-state index in [1.54, 1.807) is 12.4 Å². The van der Waals surface area contributed by atoms with Crippen LogP contribution in [0.15, 0.2) is 46.8 Å². The van der Waals surface area contributed by atoms with Crippen molar-refractivity contribution in [3.63, 3.8) is 0 Å². The van der Waals surface area contributed by atoms with Crippen LogP contribution in [0, 0.1) is 0 Å². The van der Waals surface area contributed by atoms with Crippen LogP contribution in [-0.4, -0.2) is 30.0 Å². The van der Waals surface area contributed by atoms with Gasteiger partial charge < -0.3 is 15.1 Å². The zero-order chi connectivity index (χ0) is 13.5. The van der Waals surface area contributed by atoms with Gasteiger partial charge in [0.2, 0.25) is 0 Å². The molecule has 0 aliphatic carbocycles. The van der Waals surface area contributed by atoms with Crippen LogP contribution >= 0.6 is 11.8 Å². The number of fused-ring (bicyclic) bond motifs is 2. The highest BCUT2D eigenvalue weighted by atomic mass is 32.2. The number of nitrogens with one attached hydrogen (secondary N) is 2. The fraction of sp³-hybridized carbons (Fsp3) is 0. The molecule has 0 atom stereocenters. The van der Waals surface area contributed by atoms with Gasteiger partial charge in [0, 0.05) is 21.9 Å². The SMILES string of the molecule is Oc1cc2cc(Sc3ncnc4nc[nH]c34)ccc2[nH]1. The first-order valence-corrected chi connectivity index (χ1v) is 6.75. The zero-order valence-corrected chi connectivity index (χ0v) is 11.0. The molecule has 0 fully saturated rings. The second-order valence-corrected chi connectivity index (χ2v) is 5.35. The molecule has 20 heavy (non-hydrogen) atoms. The average Bonchev–Trinajstić information content (AvgIpc) is 3.03. The van der Waals surface area contributed by atoms with Crippen LogP contribution in [0.25, 0.3) is 22.1 Å².